The summed E-state index contributed by atoms with van der Waals surface area (Å²) in [5.41, 5.74) is 4.06. The van der Waals surface area contributed by atoms with Crippen molar-refractivity contribution in [1.29, 1.82) is 0 Å². The van der Waals surface area contributed by atoms with Crippen molar-refractivity contribution in [3.63, 3.8) is 0 Å². The van der Waals surface area contributed by atoms with Crippen LogP contribution in [0, 0.1) is 0 Å². The highest BCUT2D eigenvalue weighted by Crippen LogP contribution is 2.21. The van der Waals surface area contributed by atoms with Crippen molar-refractivity contribution in [2.24, 2.45) is 0 Å². The fourth-order valence-corrected chi connectivity index (χ4v) is 2.94. The van der Waals surface area contributed by atoms with E-state index in [1.807, 2.05) is 42.5 Å². The number of nitrogens with zero attached hydrogens (tertiary/aromatic N) is 1. The highest BCUT2D eigenvalue weighted by atomic mass is 16.3. The highest BCUT2D eigenvalue weighted by Gasteiger charge is 2.06. The van der Waals surface area contributed by atoms with Crippen molar-refractivity contribution < 1.29 is 5.11 Å². The average molecular weight is 331 g/mol. The number of fused-ring (bicyclic) bond motifs is 1. The molecule has 128 valence electrons. The number of aliphatic hydroxyl groups excluding tert-OH is 1. The van der Waals surface area contributed by atoms with Crippen LogP contribution in [0.15, 0.2) is 60.7 Å². The minimum absolute atomic E-state index is 0.355. The second-order valence-corrected chi connectivity index (χ2v) is 6.44. The van der Waals surface area contributed by atoms with Crippen LogP contribution >= 0.6 is 0 Å². The number of unbranched alkanes of at least 4 members (excludes halogenated alkanes) is 2. The van der Waals surface area contributed by atoms with Gasteiger partial charge in [0.05, 0.1) is 17.3 Å². The predicted molar refractivity (Wildman–Crippen MR) is 106 cm³/mol. The van der Waals surface area contributed by atoms with Gasteiger partial charge in [-0.05, 0) is 35.8 Å². The fraction of sp³-hybridized carbons (Fsp3) is 0.261. The number of benzene rings is 2. The average Bonchev–Trinajstić information content (AvgIpc) is 2.66. The fourth-order valence-electron chi connectivity index (χ4n) is 2.94. The van der Waals surface area contributed by atoms with Gasteiger partial charge in [-0.3, -0.25) is 0 Å². The maximum atomic E-state index is 10.2. The third-order valence-electron chi connectivity index (χ3n) is 4.47. The SMILES string of the molecule is CCCCCC(O)c1ccc(C=Cc2ccc3ccccc3n2)cc1. The van der Waals surface area contributed by atoms with Gasteiger partial charge < -0.3 is 5.11 Å². The summed E-state index contributed by atoms with van der Waals surface area (Å²) in [5, 5.41) is 11.4. The second kappa shape index (κ2) is 8.59. The molecule has 0 saturated carbocycles. The lowest BCUT2D eigenvalue weighted by Crippen LogP contribution is -1.97. The highest BCUT2D eigenvalue weighted by molar-refractivity contribution is 5.80. The minimum Gasteiger partial charge on any atom is -0.388 e. The number of hydrogen-bond donors (Lipinski definition) is 1. The predicted octanol–water partition coefficient (Wildman–Crippen LogP) is 6.02. The molecule has 0 radical (unpaired) electrons. The molecule has 1 unspecified atom stereocenters. The molecule has 0 spiro atoms. The molecule has 2 nitrogen and oxygen atoms in total. The molecule has 0 aliphatic rings. The van der Waals surface area contributed by atoms with Crippen LogP contribution in [-0.4, -0.2) is 10.1 Å². The molecule has 1 atom stereocenters. The normalized spacial score (nSPS) is 12.7. The second-order valence-electron chi connectivity index (χ2n) is 6.44. The van der Waals surface area contributed by atoms with E-state index in [1.54, 1.807) is 0 Å². The molecule has 0 bridgehead atoms. The topological polar surface area (TPSA) is 33.1 Å². The Hall–Kier alpha value is -2.45. The Morgan fingerprint density at radius 2 is 1.72 bits per heavy atom. The molecule has 1 heterocycles. The van der Waals surface area contributed by atoms with E-state index in [2.05, 4.69) is 42.2 Å². The lowest BCUT2D eigenvalue weighted by molar-refractivity contribution is 0.163. The van der Waals surface area contributed by atoms with Crippen molar-refractivity contribution in [3.05, 3.63) is 77.5 Å². The van der Waals surface area contributed by atoms with Gasteiger partial charge in [0.15, 0.2) is 0 Å². The molecule has 1 aromatic heterocycles. The molecule has 2 heteroatoms. The van der Waals surface area contributed by atoms with Gasteiger partial charge in [-0.2, -0.15) is 0 Å². The lowest BCUT2D eigenvalue weighted by Gasteiger charge is -2.10. The Morgan fingerprint density at radius 1 is 0.920 bits per heavy atom. The number of aromatic nitrogens is 1. The Morgan fingerprint density at radius 3 is 2.52 bits per heavy atom. The van der Waals surface area contributed by atoms with E-state index in [-0.39, 0.29) is 6.10 Å². The summed E-state index contributed by atoms with van der Waals surface area (Å²) in [7, 11) is 0. The number of hydrogen-bond acceptors (Lipinski definition) is 2. The Labute approximate surface area is 149 Å². The van der Waals surface area contributed by atoms with Crippen LogP contribution in [0.1, 0.15) is 55.5 Å². The van der Waals surface area contributed by atoms with Gasteiger partial charge in [0.1, 0.15) is 0 Å². The van der Waals surface area contributed by atoms with E-state index in [0.717, 1.165) is 40.6 Å². The van der Waals surface area contributed by atoms with Gasteiger partial charge in [-0.15, -0.1) is 0 Å². The number of pyridine rings is 1. The molecule has 0 aliphatic heterocycles. The monoisotopic (exact) mass is 331 g/mol. The number of aliphatic hydroxyl groups is 1. The van der Waals surface area contributed by atoms with Gasteiger partial charge in [0.2, 0.25) is 0 Å². The van der Waals surface area contributed by atoms with Crippen LogP contribution < -0.4 is 0 Å². The molecule has 0 amide bonds. The standard InChI is InChI=1S/C23H25NO/c1-2-3-4-9-23(25)20-13-10-18(11-14-20)12-16-21-17-15-19-7-5-6-8-22(19)24-21/h5-8,10-17,23,25H,2-4,9H2,1H3. The summed E-state index contributed by atoms with van der Waals surface area (Å²) in [5.74, 6) is 0. The third-order valence-corrected chi connectivity index (χ3v) is 4.47. The first-order chi connectivity index (χ1) is 12.3. The summed E-state index contributed by atoms with van der Waals surface area (Å²) in [6.45, 7) is 2.18. The minimum atomic E-state index is -0.355. The van der Waals surface area contributed by atoms with Crippen molar-refractivity contribution in [3.8, 4) is 0 Å². The van der Waals surface area contributed by atoms with E-state index >= 15 is 0 Å². The van der Waals surface area contributed by atoms with Gasteiger partial charge in [0, 0.05) is 5.39 Å². The van der Waals surface area contributed by atoms with Crippen LogP contribution in [-0.2, 0) is 0 Å². The molecule has 1 N–H and O–H groups in total. The maximum absolute atomic E-state index is 10.2. The zero-order valence-electron chi connectivity index (χ0n) is 14.7. The molecule has 3 aromatic rings. The molecule has 25 heavy (non-hydrogen) atoms. The molecule has 0 fully saturated rings. The zero-order valence-corrected chi connectivity index (χ0v) is 14.7. The quantitative estimate of drug-likeness (QED) is 0.537. The summed E-state index contributed by atoms with van der Waals surface area (Å²) in [6, 6.07) is 20.4. The van der Waals surface area contributed by atoms with E-state index < -0.39 is 0 Å². The van der Waals surface area contributed by atoms with E-state index in [0.29, 0.717) is 0 Å². The van der Waals surface area contributed by atoms with E-state index in [1.165, 1.54) is 12.8 Å². The molecular weight excluding hydrogens is 306 g/mol. The van der Waals surface area contributed by atoms with Crippen molar-refractivity contribution in [1.82, 2.24) is 4.98 Å². The Balaban J connectivity index is 1.66. The van der Waals surface area contributed by atoms with Crippen LogP contribution in [0.25, 0.3) is 23.1 Å². The maximum Gasteiger partial charge on any atom is 0.0790 e. The zero-order chi connectivity index (χ0) is 17.5. The molecule has 0 aliphatic carbocycles. The van der Waals surface area contributed by atoms with Crippen LogP contribution in [0.4, 0.5) is 0 Å². The van der Waals surface area contributed by atoms with Gasteiger partial charge >= 0.3 is 0 Å². The van der Waals surface area contributed by atoms with Crippen molar-refractivity contribution >= 4 is 23.1 Å². The molecule has 3 rings (SSSR count). The smallest absolute Gasteiger partial charge is 0.0790 e. The van der Waals surface area contributed by atoms with Crippen LogP contribution in [0.3, 0.4) is 0 Å². The van der Waals surface area contributed by atoms with E-state index in [4.69, 9.17) is 0 Å². The molecular formula is C23H25NO. The number of rotatable bonds is 7. The van der Waals surface area contributed by atoms with Crippen molar-refractivity contribution in [2.75, 3.05) is 0 Å². The van der Waals surface area contributed by atoms with Crippen LogP contribution in [0.2, 0.25) is 0 Å². The summed E-state index contributed by atoms with van der Waals surface area (Å²) in [6.07, 6.45) is 8.00. The lowest BCUT2D eigenvalue weighted by atomic mass is 10.0. The van der Waals surface area contributed by atoms with Gasteiger partial charge in [-0.1, -0.05) is 80.8 Å². The summed E-state index contributed by atoms with van der Waals surface area (Å²) in [4.78, 5) is 4.65. The first-order valence-electron chi connectivity index (χ1n) is 9.08. The van der Waals surface area contributed by atoms with Crippen molar-refractivity contribution in [2.45, 2.75) is 38.7 Å². The summed E-state index contributed by atoms with van der Waals surface area (Å²) < 4.78 is 0. The first kappa shape index (κ1) is 17.4. The molecule has 0 saturated heterocycles. The van der Waals surface area contributed by atoms with E-state index in [9.17, 15) is 5.11 Å². The largest absolute Gasteiger partial charge is 0.388 e. The number of para-hydroxylation sites is 1. The first-order valence-corrected chi connectivity index (χ1v) is 9.08. The molecule has 2 aromatic carbocycles. The third kappa shape index (κ3) is 4.77. The van der Waals surface area contributed by atoms with Gasteiger partial charge in [0.25, 0.3) is 0 Å². The Kier molecular flexibility index (Phi) is 5.97. The van der Waals surface area contributed by atoms with Crippen LogP contribution in [0.5, 0.6) is 0 Å². The Bertz CT molecular complexity index is 836. The summed E-state index contributed by atoms with van der Waals surface area (Å²) >= 11 is 0. The van der Waals surface area contributed by atoms with Gasteiger partial charge in [-0.25, -0.2) is 4.98 Å².